The first-order chi connectivity index (χ1) is 13.4. The molecular weight excluding hydrogens is 366 g/mol. The van der Waals surface area contributed by atoms with Crippen LogP contribution in [0, 0.1) is 24.0 Å². The Labute approximate surface area is 160 Å². The average molecular weight is 383 g/mol. The quantitative estimate of drug-likeness (QED) is 0.346. The van der Waals surface area contributed by atoms with Crippen LogP contribution < -0.4 is 4.74 Å². The molecule has 0 fully saturated rings. The summed E-state index contributed by atoms with van der Waals surface area (Å²) in [5.41, 5.74) is 2.34. The fourth-order valence-electron chi connectivity index (χ4n) is 2.50. The van der Waals surface area contributed by atoms with Gasteiger partial charge in [-0.25, -0.2) is 4.79 Å². The Kier molecular flexibility index (Phi) is 5.64. The number of nitro groups is 1. The Balaban J connectivity index is 1.54. The van der Waals surface area contributed by atoms with Crippen molar-refractivity contribution in [3.8, 4) is 17.2 Å². The molecule has 144 valence electrons. The standard InChI is InChI=1S/C19H17N3O6/c1-12-4-3-5-13(2)18(12)27-11-17(23)26-10-16-20-21-19(28-16)14-6-8-15(9-7-14)22(24)25/h3-9H,10-11H2,1-2H3. The second-order valence-corrected chi connectivity index (χ2v) is 5.98. The van der Waals surface area contributed by atoms with Crippen molar-refractivity contribution in [2.45, 2.75) is 20.5 Å². The number of benzene rings is 2. The van der Waals surface area contributed by atoms with E-state index in [1.807, 2.05) is 32.0 Å². The van der Waals surface area contributed by atoms with Crippen LogP contribution in [-0.4, -0.2) is 27.7 Å². The summed E-state index contributed by atoms with van der Waals surface area (Å²) in [5, 5.41) is 18.3. The number of hydrogen-bond donors (Lipinski definition) is 0. The summed E-state index contributed by atoms with van der Waals surface area (Å²) in [6.07, 6.45) is 0. The van der Waals surface area contributed by atoms with E-state index in [0.717, 1.165) is 11.1 Å². The third-order valence-electron chi connectivity index (χ3n) is 3.89. The molecule has 0 saturated carbocycles. The number of para-hydroxylation sites is 1. The van der Waals surface area contributed by atoms with Crippen LogP contribution in [0.3, 0.4) is 0 Å². The number of aryl methyl sites for hydroxylation is 2. The molecule has 0 aliphatic rings. The fraction of sp³-hybridized carbons (Fsp3) is 0.211. The van der Waals surface area contributed by atoms with Crippen LogP contribution >= 0.6 is 0 Å². The molecule has 0 radical (unpaired) electrons. The largest absolute Gasteiger partial charge is 0.481 e. The van der Waals surface area contributed by atoms with Gasteiger partial charge in [-0.05, 0) is 37.1 Å². The van der Waals surface area contributed by atoms with Crippen LogP contribution in [0.2, 0.25) is 0 Å². The van der Waals surface area contributed by atoms with Crippen LogP contribution in [0.5, 0.6) is 5.75 Å². The maximum Gasteiger partial charge on any atom is 0.344 e. The molecule has 9 nitrogen and oxygen atoms in total. The van der Waals surface area contributed by atoms with Crippen LogP contribution in [-0.2, 0) is 16.1 Å². The lowest BCUT2D eigenvalue weighted by atomic mass is 10.1. The molecule has 0 amide bonds. The van der Waals surface area contributed by atoms with E-state index < -0.39 is 10.9 Å². The first-order valence-corrected chi connectivity index (χ1v) is 8.36. The van der Waals surface area contributed by atoms with Gasteiger partial charge in [0.1, 0.15) is 5.75 Å². The number of nitrogens with zero attached hydrogens (tertiary/aromatic N) is 3. The van der Waals surface area contributed by atoms with Crippen molar-refractivity contribution in [1.82, 2.24) is 10.2 Å². The van der Waals surface area contributed by atoms with Gasteiger partial charge in [0.2, 0.25) is 5.89 Å². The molecular formula is C19H17N3O6. The number of aromatic nitrogens is 2. The Hall–Kier alpha value is -3.75. The number of hydrogen-bond acceptors (Lipinski definition) is 8. The Morgan fingerprint density at radius 2 is 1.79 bits per heavy atom. The monoisotopic (exact) mass is 383 g/mol. The lowest BCUT2D eigenvalue weighted by molar-refractivity contribution is -0.384. The predicted octanol–water partition coefficient (Wildman–Crippen LogP) is 3.38. The maximum absolute atomic E-state index is 11.9. The minimum absolute atomic E-state index is 0.0405. The van der Waals surface area contributed by atoms with Crippen LogP contribution in [0.4, 0.5) is 5.69 Å². The number of ether oxygens (including phenoxy) is 2. The summed E-state index contributed by atoms with van der Waals surface area (Å²) < 4.78 is 16.0. The van der Waals surface area contributed by atoms with E-state index >= 15 is 0 Å². The molecule has 2 aromatic carbocycles. The zero-order valence-electron chi connectivity index (χ0n) is 15.2. The van der Waals surface area contributed by atoms with Crippen molar-refractivity contribution in [1.29, 1.82) is 0 Å². The molecule has 0 bridgehead atoms. The highest BCUT2D eigenvalue weighted by atomic mass is 16.6. The number of carbonyl (C=O) groups excluding carboxylic acids is 1. The molecule has 0 aliphatic heterocycles. The van der Waals surface area contributed by atoms with E-state index in [1.54, 1.807) is 0 Å². The van der Waals surface area contributed by atoms with Crippen molar-refractivity contribution in [2.75, 3.05) is 6.61 Å². The minimum atomic E-state index is -0.572. The molecule has 0 N–H and O–H groups in total. The van der Waals surface area contributed by atoms with Crippen molar-refractivity contribution in [3.05, 3.63) is 69.6 Å². The van der Waals surface area contributed by atoms with E-state index in [1.165, 1.54) is 24.3 Å². The lowest BCUT2D eigenvalue weighted by Gasteiger charge is -2.11. The minimum Gasteiger partial charge on any atom is -0.481 e. The van der Waals surface area contributed by atoms with Gasteiger partial charge in [-0.2, -0.15) is 0 Å². The molecule has 0 spiro atoms. The summed E-state index contributed by atoms with van der Waals surface area (Å²) in [7, 11) is 0. The van der Waals surface area contributed by atoms with Gasteiger partial charge in [0.05, 0.1) is 4.92 Å². The summed E-state index contributed by atoms with van der Waals surface area (Å²) in [6.45, 7) is 3.35. The third-order valence-corrected chi connectivity index (χ3v) is 3.89. The van der Waals surface area contributed by atoms with Gasteiger partial charge < -0.3 is 13.9 Å². The van der Waals surface area contributed by atoms with E-state index in [-0.39, 0.29) is 30.7 Å². The number of rotatable bonds is 7. The fourth-order valence-corrected chi connectivity index (χ4v) is 2.50. The lowest BCUT2D eigenvalue weighted by Crippen LogP contribution is -2.15. The number of carbonyl (C=O) groups is 1. The average Bonchev–Trinajstić information content (AvgIpc) is 3.15. The van der Waals surface area contributed by atoms with Gasteiger partial charge in [0, 0.05) is 17.7 Å². The number of nitro benzene ring substituents is 1. The van der Waals surface area contributed by atoms with Crippen LogP contribution in [0.25, 0.3) is 11.5 Å². The highest BCUT2D eigenvalue weighted by Crippen LogP contribution is 2.23. The summed E-state index contributed by atoms with van der Waals surface area (Å²) in [6, 6.07) is 11.4. The molecule has 28 heavy (non-hydrogen) atoms. The molecule has 3 aromatic rings. The van der Waals surface area contributed by atoms with E-state index in [4.69, 9.17) is 13.9 Å². The second kappa shape index (κ2) is 8.30. The van der Waals surface area contributed by atoms with Crippen molar-refractivity contribution < 1.29 is 23.6 Å². The first-order valence-electron chi connectivity index (χ1n) is 8.36. The summed E-state index contributed by atoms with van der Waals surface area (Å²) in [4.78, 5) is 22.1. The zero-order valence-corrected chi connectivity index (χ0v) is 15.2. The van der Waals surface area contributed by atoms with Crippen molar-refractivity contribution in [3.63, 3.8) is 0 Å². The Morgan fingerprint density at radius 3 is 2.43 bits per heavy atom. The number of esters is 1. The molecule has 0 aliphatic carbocycles. The first kappa shape index (κ1) is 19.0. The van der Waals surface area contributed by atoms with Gasteiger partial charge in [0.25, 0.3) is 11.6 Å². The third kappa shape index (κ3) is 4.50. The SMILES string of the molecule is Cc1cccc(C)c1OCC(=O)OCc1nnc(-c2ccc([N+](=O)[O-])cc2)o1. The predicted molar refractivity (Wildman–Crippen MR) is 97.6 cm³/mol. The van der Waals surface area contributed by atoms with Gasteiger partial charge in [0.15, 0.2) is 13.2 Å². The van der Waals surface area contributed by atoms with Crippen LogP contribution in [0.15, 0.2) is 46.9 Å². The molecule has 9 heteroatoms. The number of non-ortho nitro benzene ring substituents is 1. The molecule has 1 aromatic heterocycles. The van der Waals surface area contributed by atoms with E-state index in [2.05, 4.69) is 10.2 Å². The Morgan fingerprint density at radius 1 is 1.11 bits per heavy atom. The smallest absolute Gasteiger partial charge is 0.344 e. The molecule has 3 rings (SSSR count). The normalized spacial score (nSPS) is 10.5. The van der Waals surface area contributed by atoms with Crippen molar-refractivity contribution in [2.24, 2.45) is 0 Å². The molecule has 0 atom stereocenters. The summed E-state index contributed by atoms with van der Waals surface area (Å²) in [5.74, 6) is 0.358. The highest BCUT2D eigenvalue weighted by molar-refractivity contribution is 5.71. The Bertz CT molecular complexity index is 977. The van der Waals surface area contributed by atoms with E-state index in [9.17, 15) is 14.9 Å². The molecule has 1 heterocycles. The van der Waals surface area contributed by atoms with Crippen molar-refractivity contribution >= 4 is 11.7 Å². The topological polar surface area (TPSA) is 118 Å². The summed E-state index contributed by atoms with van der Waals surface area (Å²) >= 11 is 0. The van der Waals surface area contributed by atoms with Gasteiger partial charge in [-0.15, -0.1) is 10.2 Å². The van der Waals surface area contributed by atoms with Gasteiger partial charge in [-0.3, -0.25) is 10.1 Å². The zero-order chi connectivity index (χ0) is 20.1. The van der Waals surface area contributed by atoms with E-state index in [0.29, 0.717) is 11.3 Å². The van der Waals surface area contributed by atoms with Gasteiger partial charge in [-0.1, -0.05) is 18.2 Å². The molecule has 0 saturated heterocycles. The maximum atomic E-state index is 11.9. The molecule has 0 unspecified atom stereocenters. The van der Waals surface area contributed by atoms with Gasteiger partial charge >= 0.3 is 5.97 Å². The highest BCUT2D eigenvalue weighted by Gasteiger charge is 2.13. The second-order valence-electron chi connectivity index (χ2n) is 5.98. The van der Waals surface area contributed by atoms with Crippen LogP contribution in [0.1, 0.15) is 17.0 Å².